The Balaban J connectivity index is 2.39. The Kier molecular flexibility index (Phi) is 1.40. The molecule has 0 radical (unpaired) electrons. The van der Waals surface area contributed by atoms with Crippen molar-refractivity contribution in [3.63, 3.8) is 0 Å². The lowest BCUT2D eigenvalue weighted by atomic mass is 10.2. The molecule has 1 fully saturated rings. The first-order valence-corrected chi connectivity index (χ1v) is 3.73. The lowest BCUT2D eigenvalue weighted by Crippen LogP contribution is -1.83. The Morgan fingerprint density at radius 3 is 2.70 bits per heavy atom. The summed E-state index contributed by atoms with van der Waals surface area (Å²) in [5.74, 6) is 0. The third kappa shape index (κ3) is 1.02. The third-order valence-corrected chi connectivity index (χ3v) is 2.03. The van der Waals surface area contributed by atoms with E-state index in [0.29, 0.717) is 6.04 Å². The zero-order valence-corrected chi connectivity index (χ0v) is 6.23. The molecule has 1 N–H and O–H groups in total. The van der Waals surface area contributed by atoms with Crippen LogP contribution in [0.4, 0.5) is 0 Å². The molecule has 2 heteroatoms. The molecule has 1 heterocycles. The number of benzene rings is 1. The van der Waals surface area contributed by atoms with Crippen LogP contribution < -0.4 is 5.32 Å². The molecule has 1 aliphatic heterocycles. The van der Waals surface area contributed by atoms with Crippen LogP contribution in [-0.2, 0) is 0 Å². The molecule has 1 aromatic carbocycles. The van der Waals surface area contributed by atoms with Gasteiger partial charge in [0.25, 0.3) is 0 Å². The van der Waals surface area contributed by atoms with E-state index in [2.05, 4.69) is 11.4 Å². The summed E-state index contributed by atoms with van der Waals surface area (Å²) in [6.45, 7) is 1.07. The number of rotatable bonds is 1. The van der Waals surface area contributed by atoms with E-state index in [1.54, 1.807) is 0 Å². The highest BCUT2D eigenvalue weighted by Crippen LogP contribution is 2.27. The van der Waals surface area contributed by atoms with E-state index in [1.165, 1.54) is 5.56 Å². The topological polar surface area (TPSA) is 21.9 Å². The maximum Gasteiger partial charge on any atom is 0.0462 e. The van der Waals surface area contributed by atoms with E-state index in [-0.39, 0.29) is 0 Å². The summed E-state index contributed by atoms with van der Waals surface area (Å²) in [7, 11) is 0. The molecule has 1 atom stereocenters. The number of hydrogen-bond donors (Lipinski definition) is 1. The average Bonchev–Trinajstić information content (AvgIpc) is 2.71. The van der Waals surface area contributed by atoms with Crippen molar-refractivity contribution in [3.8, 4) is 0 Å². The molecule has 0 unspecified atom stereocenters. The Bertz CT molecular complexity index is 243. The van der Waals surface area contributed by atoms with Crippen LogP contribution in [0.25, 0.3) is 0 Å². The van der Waals surface area contributed by atoms with Crippen molar-refractivity contribution in [2.24, 2.45) is 0 Å². The van der Waals surface area contributed by atoms with Gasteiger partial charge in [0.2, 0.25) is 0 Å². The fourth-order valence-corrected chi connectivity index (χ4v) is 1.30. The molecule has 2 rings (SSSR count). The Morgan fingerprint density at radius 1 is 1.40 bits per heavy atom. The van der Waals surface area contributed by atoms with Crippen molar-refractivity contribution < 1.29 is 0 Å². The van der Waals surface area contributed by atoms with E-state index >= 15 is 0 Å². The SMILES string of the molecule is Clc1ccccc1[C@H]1CN1. The predicted octanol–water partition coefficient (Wildman–Crippen LogP) is 1.98. The van der Waals surface area contributed by atoms with E-state index in [9.17, 15) is 0 Å². The minimum absolute atomic E-state index is 0.522. The van der Waals surface area contributed by atoms with E-state index in [4.69, 9.17) is 11.6 Å². The normalized spacial score (nSPS) is 22.7. The fourth-order valence-electron chi connectivity index (χ4n) is 1.04. The molecular weight excluding hydrogens is 146 g/mol. The second kappa shape index (κ2) is 2.26. The van der Waals surface area contributed by atoms with Gasteiger partial charge in [-0.1, -0.05) is 29.8 Å². The standard InChI is InChI=1S/C8H8ClN/c9-7-4-2-1-3-6(7)8-5-10-8/h1-4,8,10H,5H2/t8-/m1/s1. The molecule has 0 aromatic heterocycles. The minimum Gasteiger partial charge on any atom is -0.307 e. The molecule has 0 amide bonds. The Labute approximate surface area is 65.0 Å². The highest BCUT2D eigenvalue weighted by atomic mass is 35.5. The molecular formula is C8H8ClN. The van der Waals surface area contributed by atoms with E-state index in [0.717, 1.165) is 11.6 Å². The maximum atomic E-state index is 5.92. The van der Waals surface area contributed by atoms with Crippen LogP contribution in [0.2, 0.25) is 5.02 Å². The summed E-state index contributed by atoms with van der Waals surface area (Å²) in [6.07, 6.45) is 0. The van der Waals surface area contributed by atoms with Crippen LogP contribution in [0.3, 0.4) is 0 Å². The van der Waals surface area contributed by atoms with Gasteiger partial charge in [0.05, 0.1) is 0 Å². The van der Waals surface area contributed by atoms with E-state index in [1.807, 2.05) is 18.2 Å². The third-order valence-electron chi connectivity index (χ3n) is 1.69. The van der Waals surface area contributed by atoms with Gasteiger partial charge in [-0.15, -0.1) is 0 Å². The smallest absolute Gasteiger partial charge is 0.0462 e. The van der Waals surface area contributed by atoms with Gasteiger partial charge in [0, 0.05) is 17.6 Å². The van der Waals surface area contributed by atoms with Crippen molar-refractivity contribution in [2.75, 3.05) is 6.54 Å². The predicted molar refractivity (Wildman–Crippen MR) is 42.2 cm³/mol. The summed E-state index contributed by atoms with van der Waals surface area (Å²) in [4.78, 5) is 0. The monoisotopic (exact) mass is 153 g/mol. The van der Waals surface area contributed by atoms with Crippen LogP contribution in [0.1, 0.15) is 11.6 Å². The molecule has 10 heavy (non-hydrogen) atoms. The average molecular weight is 154 g/mol. The first-order valence-electron chi connectivity index (χ1n) is 3.36. The first-order chi connectivity index (χ1) is 4.88. The van der Waals surface area contributed by atoms with Gasteiger partial charge >= 0.3 is 0 Å². The van der Waals surface area contributed by atoms with Crippen LogP contribution in [-0.4, -0.2) is 6.54 Å². The van der Waals surface area contributed by atoms with Crippen molar-refractivity contribution in [3.05, 3.63) is 34.9 Å². The van der Waals surface area contributed by atoms with Crippen molar-refractivity contribution in [2.45, 2.75) is 6.04 Å². The minimum atomic E-state index is 0.522. The summed E-state index contributed by atoms with van der Waals surface area (Å²) < 4.78 is 0. The summed E-state index contributed by atoms with van der Waals surface area (Å²) in [5, 5.41) is 4.08. The molecule has 1 aliphatic rings. The zero-order valence-electron chi connectivity index (χ0n) is 5.47. The lowest BCUT2D eigenvalue weighted by Gasteiger charge is -1.97. The number of nitrogens with one attached hydrogen (secondary N) is 1. The highest BCUT2D eigenvalue weighted by Gasteiger charge is 2.23. The molecule has 0 saturated carbocycles. The van der Waals surface area contributed by atoms with Gasteiger partial charge in [-0.05, 0) is 11.6 Å². The van der Waals surface area contributed by atoms with Crippen molar-refractivity contribution >= 4 is 11.6 Å². The van der Waals surface area contributed by atoms with Crippen LogP contribution in [0.5, 0.6) is 0 Å². The maximum absolute atomic E-state index is 5.92. The molecule has 0 aliphatic carbocycles. The van der Waals surface area contributed by atoms with Crippen LogP contribution in [0, 0.1) is 0 Å². The highest BCUT2D eigenvalue weighted by molar-refractivity contribution is 6.31. The van der Waals surface area contributed by atoms with Gasteiger partial charge in [-0.2, -0.15) is 0 Å². The van der Waals surface area contributed by atoms with Gasteiger partial charge < -0.3 is 5.32 Å². The summed E-state index contributed by atoms with van der Waals surface area (Å²) in [6, 6.07) is 8.48. The quantitative estimate of drug-likeness (QED) is 0.613. The zero-order chi connectivity index (χ0) is 6.97. The van der Waals surface area contributed by atoms with Gasteiger partial charge in [-0.25, -0.2) is 0 Å². The second-order valence-electron chi connectivity index (χ2n) is 2.48. The summed E-state index contributed by atoms with van der Waals surface area (Å²) >= 11 is 5.92. The number of halogens is 1. The van der Waals surface area contributed by atoms with Gasteiger partial charge in [-0.3, -0.25) is 0 Å². The molecule has 0 spiro atoms. The molecule has 0 bridgehead atoms. The molecule has 1 saturated heterocycles. The summed E-state index contributed by atoms with van der Waals surface area (Å²) in [5.41, 5.74) is 1.23. The van der Waals surface area contributed by atoms with Crippen molar-refractivity contribution in [1.29, 1.82) is 0 Å². The lowest BCUT2D eigenvalue weighted by molar-refractivity contribution is 1.08. The second-order valence-corrected chi connectivity index (χ2v) is 2.89. The van der Waals surface area contributed by atoms with Crippen LogP contribution >= 0.6 is 11.6 Å². The molecule has 52 valence electrons. The number of hydrogen-bond acceptors (Lipinski definition) is 1. The van der Waals surface area contributed by atoms with Crippen LogP contribution in [0.15, 0.2) is 24.3 Å². The Hall–Kier alpha value is -0.530. The first kappa shape index (κ1) is 6.20. The fraction of sp³-hybridized carbons (Fsp3) is 0.250. The van der Waals surface area contributed by atoms with Gasteiger partial charge in [0.1, 0.15) is 0 Å². The Morgan fingerprint density at radius 2 is 2.10 bits per heavy atom. The van der Waals surface area contributed by atoms with Crippen molar-refractivity contribution in [1.82, 2.24) is 5.32 Å². The van der Waals surface area contributed by atoms with E-state index < -0.39 is 0 Å². The van der Waals surface area contributed by atoms with Gasteiger partial charge in [0.15, 0.2) is 0 Å². The molecule has 1 aromatic rings. The largest absolute Gasteiger partial charge is 0.307 e. The molecule has 1 nitrogen and oxygen atoms in total.